The monoisotopic (exact) mass is 425 g/mol. The predicted molar refractivity (Wildman–Crippen MR) is 117 cm³/mol. The molecule has 31 heavy (non-hydrogen) atoms. The molecule has 1 atom stereocenters. The fraction of sp³-hybridized carbons (Fsp3) is 0.522. The van der Waals surface area contributed by atoms with Crippen molar-refractivity contribution < 1.29 is 14.3 Å². The second-order valence-electron chi connectivity index (χ2n) is 8.15. The lowest BCUT2D eigenvalue weighted by Crippen LogP contribution is -2.49. The fourth-order valence-electron chi connectivity index (χ4n) is 4.41. The SMILES string of the molecule is CC(=O)N1CCC[C@H]1C(=O)N(CCN1CCOCC1)Cc1ccnn1-c1ccccc1. The van der Waals surface area contributed by atoms with Crippen LogP contribution in [0.4, 0.5) is 0 Å². The topological polar surface area (TPSA) is 70.9 Å². The van der Waals surface area contributed by atoms with Crippen LogP contribution in [-0.2, 0) is 20.9 Å². The summed E-state index contributed by atoms with van der Waals surface area (Å²) in [6.07, 6.45) is 3.37. The molecule has 8 heteroatoms. The molecule has 2 aliphatic heterocycles. The van der Waals surface area contributed by atoms with Crippen molar-refractivity contribution in [3.8, 4) is 5.69 Å². The number of hydrogen-bond donors (Lipinski definition) is 0. The molecule has 166 valence electrons. The molecular formula is C23H31N5O3. The Bertz CT molecular complexity index is 878. The van der Waals surface area contributed by atoms with E-state index in [1.54, 1.807) is 18.0 Å². The number of hydrogen-bond acceptors (Lipinski definition) is 5. The lowest BCUT2D eigenvalue weighted by atomic mass is 10.1. The van der Waals surface area contributed by atoms with E-state index in [9.17, 15) is 9.59 Å². The minimum Gasteiger partial charge on any atom is -0.379 e. The first-order chi connectivity index (χ1) is 15.1. The Kier molecular flexibility index (Phi) is 6.99. The van der Waals surface area contributed by atoms with Gasteiger partial charge in [0.1, 0.15) is 6.04 Å². The third-order valence-corrected chi connectivity index (χ3v) is 6.12. The van der Waals surface area contributed by atoms with Gasteiger partial charge in [0.15, 0.2) is 0 Å². The summed E-state index contributed by atoms with van der Waals surface area (Å²) in [6.45, 7) is 7.30. The Morgan fingerprint density at radius 1 is 1.13 bits per heavy atom. The smallest absolute Gasteiger partial charge is 0.245 e. The van der Waals surface area contributed by atoms with Crippen LogP contribution in [0, 0.1) is 0 Å². The second-order valence-corrected chi connectivity index (χ2v) is 8.15. The number of carbonyl (C=O) groups is 2. The summed E-state index contributed by atoms with van der Waals surface area (Å²) in [5, 5.41) is 4.48. The zero-order valence-electron chi connectivity index (χ0n) is 18.2. The summed E-state index contributed by atoms with van der Waals surface area (Å²) in [4.78, 5) is 31.6. The van der Waals surface area contributed by atoms with E-state index in [4.69, 9.17) is 4.74 Å². The average molecular weight is 426 g/mol. The van der Waals surface area contributed by atoms with E-state index >= 15 is 0 Å². The Morgan fingerprint density at radius 3 is 2.65 bits per heavy atom. The molecule has 0 aliphatic carbocycles. The van der Waals surface area contributed by atoms with Crippen LogP contribution < -0.4 is 0 Å². The third-order valence-electron chi connectivity index (χ3n) is 6.12. The van der Waals surface area contributed by atoms with E-state index < -0.39 is 0 Å². The van der Waals surface area contributed by atoms with E-state index in [1.807, 2.05) is 46.0 Å². The third kappa shape index (κ3) is 5.14. The molecule has 3 heterocycles. The van der Waals surface area contributed by atoms with Crippen molar-refractivity contribution in [2.75, 3.05) is 45.9 Å². The molecule has 2 saturated heterocycles. The van der Waals surface area contributed by atoms with Gasteiger partial charge in [-0.1, -0.05) is 18.2 Å². The Balaban J connectivity index is 1.53. The molecular weight excluding hydrogens is 394 g/mol. The van der Waals surface area contributed by atoms with Crippen molar-refractivity contribution in [3.63, 3.8) is 0 Å². The number of benzene rings is 1. The molecule has 0 N–H and O–H groups in total. The maximum absolute atomic E-state index is 13.6. The zero-order chi connectivity index (χ0) is 21.6. The minimum absolute atomic E-state index is 0.0293. The van der Waals surface area contributed by atoms with Crippen LogP contribution in [-0.4, -0.2) is 88.3 Å². The van der Waals surface area contributed by atoms with E-state index in [-0.39, 0.29) is 17.9 Å². The van der Waals surface area contributed by atoms with Crippen LogP contribution in [0.15, 0.2) is 42.6 Å². The Hall–Kier alpha value is -2.71. The summed E-state index contributed by atoms with van der Waals surface area (Å²) < 4.78 is 7.33. The fourth-order valence-corrected chi connectivity index (χ4v) is 4.41. The molecule has 2 amide bonds. The van der Waals surface area contributed by atoms with Gasteiger partial charge in [-0.2, -0.15) is 5.10 Å². The van der Waals surface area contributed by atoms with E-state index in [2.05, 4.69) is 10.00 Å². The highest BCUT2D eigenvalue weighted by atomic mass is 16.5. The van der Waals surface area contributed by atoms with Crippen LogP contribution in [0.3, 0.4) is 0 Å². The van der Waals surface area contributed by atoms with E-state index in [0.29, 0.717) is 19.6 Å². The average Bonchev–Trinajstić information content (AvgIpc) is 3.47. The minimum atomic E-state index is -0.365. The van der Waals surface area contributed by atoms with Gasteiger partial charge in [-0.25, -0.2) is 4.68 Å². The molecule has 0 unspecified atom stereocenters. The quantitative estimate of drug-likeness (QED) is 0.673. The summed E-state index contributed by atoms with van der Waals surface area (Å²) in [6, 6.07) is 11.5. The van der Waals surface area contributed by atoms with Crippen LogP contribution in [0.1, 0.15) is 25.5 Å². The second kappa shape index (κ2) is 10.1. The number of aromatic nitrogens is 2. The van der Waals surface area contributed by atoms with Gasteiger partial charge in [0, 0.05) is 45.8 Å². The first-order valence-corrected chi connectivity index (χ1v) is 11.1. The normalized spacial score (nSPS) is 19.5. The highest BCUT2D eigenvalue weighted by Gasteiger charge is 2.35. The van der Waals surface area contributed by atoms with Crippen molar-refractivity contribution in [2.24, 2.45) is 0 Å². The van der Waals surface area contributed by atoms with Crippen LogP contribution in [0.5, 0.6) is 0 Å². The first-order valence-electron chi connectivity index (χ1n) is 11.1. The lowest BCUT2D eigenvalue weighted by molar-refractivity contribution is -0.143. The summed E-state index contributed by atoms with van der Waals surface area (Å²) in [7, 11) is 0. The van der Waals surface area contributed by atoms with Crippen molar-refractivity contribution in [3.05, 3.63) is 48.3 Å². The molecule has 0 bridgehead atoms. The number of morpholine rings is 1. The molecule has 0 spiro atoms. The summed E-state index contributed by atoms with van der Waals surface area (Å²) in [5.41, 5.74) is 1.92. The maximum Gasteiger partial charge on any atom is 0.245 e. The number of amides is 2. The largest absolute Gasteiger partial charge is 0.379 e. The molecule has 1 aromatic carbocycles. The van der Waals surface area contributed by atoms with Crippen LogP contribution >= 0.6 is 0 Å². The van der Waals surface area contributed by atoms with Gasteiger partial charge < -0.3 is 14.5 Å². The van der Waals surface area contributed by atoms with Crippen molar-refractivity contribution in [2.45, 2.75) is 32.4 Å². The number of nitrogens with zero attached hydrogens (tertiary/aromatic N) is 5. The highest BCUT2D eigenvalue weighted by Crippen LogP contribution is 2.21. The van der Waals surface area contributed by atoms with Crippen LogP contribution in [0.2, 0.25) is 0 Å². The first kappa shape index (κ1) is 21.5. The van der Waals surface area contributed by atoms with Gasteiger partial charge in [-0.3, -0.25) is 14.5 Å². The number of likely N-dealkylation sites (tertiary alicyclic amines) is 1. The van der Waals surface area contributed by atoms with Gasteiger partial charge in [-0.05, 0) is 31.0 Å². The van der Waals surface area contributed by atoms with Crippen molar-refractivity contribution >= 4 is 11.8 Å². The molecule has 2 aromatic rings. The highest BCUT2D eigenvalue weighted by molar-refractivity contribution is 5.87. The molecule has 2 aliphatic rings. The molecule has 2 fully saturated rings. The van der Waals surface area contributed by atoms with Gasteiger partial charge in [0.2, 0.25) is 11.8 Å². The van der Waals surface area contributed by atoms with E-state index in [1.165, 1.54) is 0 Å². The molecule has 1 aromatic heterocycles. The molecule has 0 saturated carbocycles. The summed E-state index contributed by atoms with van der Waals surface area (Å²) >= 11 is 0. The molecule has 4 rings (SSSR count). The maximum atomic E-state index is 13.6. The van der Waals surface area contributed by atoms with Gasteiger partial charge in [-0.15, -0.1) is 0 Å². The summed E-state index contributed by atoms with van der Waals surface area (Å²) in [5.74, 6) is 0.0000720. The number of carbonyl (C=O) groups excluding carboxylic acids is 2. The van der Waals surface area contributed by atoms with Crippen molar-refractivity contribution in [1.82, 2.24) is 24.5 Å². The molecule has 8 nitrogen and oxygen atoms in total. The predicted octanol–water partition coefficient (Wildman–Crippen LogP) is 1.54. The lowest BCUT2D eigenvalue weighted by Gasteiger charge is -2.33. The number of ether oxygens (including phenoxy) is 1. The van der Waals surface area contributed by atoms with E-state index in [0.717, 1.165) is 57.1 Å². The zero-order valence-corrected chi connectivity index (χ0v) is 18.2. The Morgan fingerprint density at radius 2 is 1.90 bits per heavy atom. The van der Waals surface area contributed by atoms with Crippen molar-refractivity contribution in [1.29, 1.82) is 0 Å². The molecule has 0 radical (unpaired) electrons. The van der Waals surface area contributed by atoms with Gasteiger partial charge in [0.05, 0.1) is 31.1 Å². The number of para-hydroxylation sites is 1. The van der Waals surface area contributed by atoms with Gasteiger partial charge in [0.25, 0.3) is 0 Å². The number of rotatable bonds is 7. The Labute approximate surface area is 183 Å². The van der Waals surface area contributed by atoms with Gasteiger partial charge >= 0.3 is 0 Å². The standard InChI is InChI=1S/C23H31N5O3/c1-19(29)27-11-5-8-22(27)23(30)26(13-12-25-14-16-31-17-15-25)18-21-9-10-24-28(21)20-6-3-2-4-7-20/h2-4,6-7,9-10,22H,5,8,11-18H2,1H3/t22-/m0/s1. The van der Waals surface area contributed by atoms with Crippen LogP contribution in [0.25, 0.3) is 5.69 Å².